The number of amides is 1. The van der Waals surface area contributed by atoms with Crippen LogP contribution in [0.5, 0.6) is 0 Å². The fourth-order valence-corrected chi connectivity index (χ4v) is 2.05. The summed E-state index contributed by atoms with van der Waals surface area (Å²) in [5.41, 5.74) is 3.73. The van der Waals surface area contributed by atoms with Crippen LogP contribution in [0.3, 0.4) is 0 Å². The maximum atomic E-state index is 12.1. The molecule has 0 aromatic carbocycles. The van der Waals surface area contributed by atoms with Gasteiger partial charge in [-0.3, -0.25) is 9.48 Å². The lowest BCUT2D eigenvalue weighted by Gasteiger charge is -2.08. The van der Waals surface area contributed by atoms with Crippen molar-refractivity contribution < 1.29 is 4.79 Å². The number of nitrogens with two attached hydrogens (primary N) is 1. The van der Waals surface area contributed by atoms with Crippen molar-refractivity contribution in [3.8, 4) is 0 Å². The highest BCUT2D eigenvalue weighted by Gasteiger charge is 2.12. The third-order valence-electron chi connectivity index (χ3n) is 2.67. The number of nitrogens with one attached hydrogen (secondary N) is 2. The van der Waals surface area contributed by atoms with Gasteiger partial charge in [0.25, 0.3) is 5.91 Å². The lowest BCUT2D eigenvalue weighted by atomic mass is 10.2. The van der Waals surface area contributed by atoms with Crippen molar-refractivity contribution >= 4 is 27.7 Å². The van der Waals surface area contributed by atoms with Crippen molar-refractivity contribution in [2.75, 3.05) is 12.0 Å². The largest absolute Gasteiger partial charge is 0.352 e. The van der Waals surface area contributed by atoms with Crippen LogP contribution in [0, 0.1) is 0 Å². The Morgan fingerprint density at radius 1 is 1.55 bits per heavy atom. The molecule has 1 amide bonds. The van der Waals surface area contributed by atoms with Gasteiger partial charge in [-0.2, -0.15) is 5.10 Å². The number of hydrogen-bond donors (Lipinski definition) is 3. The normalized spacial score (nSPS) is 10.3. The molecule has 0 atom stereocenters. The van der Waals surface area contributed by atoms with Gasteiger partial charge in [-0.1, -0.05) is 0 Å². The number of pyridine rings is 1. The Balaban J connectivity index is 1.96. The Labute approximate surface area is 124 Å². The van der Waals surface area contributed by atoms with E-state index in [9.17, 15) is 4.79 Å². The first kappa shape index (κ1) is 14.5. The zero-order chi connectivity index (χ0) is 14.5. The second kappa shape index (κ2) is 6.49. The molecule has 0 aliphatic rings. The van der Waals surface area contributed by atoms with Crippen LogP contribution in [-0.4, -0.2) is 27.2 Å². The van der Waals surface area contributed by atoms with E-state index in [1.807, 2.05) is 19.3 Å². The number of aryl methyl sites for hydroxylation is 1. The Hall–Kier alpha value is -1.93. The molecule has 4 N–H and O–H groups in total. The predicted molar refractivity (Wildman–Crippen MR) is 79.0 cm³/mol. The van der Waals surface area contributed by atoms with Gasteiger partial charge >= 0.3 is 0 Å². The second-order valence-corrected chi connectivity index (χ2v) is 5.10. The Morgan fingerprint density at radius 3 is 3.00 bits per heavy atom. The summed E-state index contributed by atoms with van der Waals surface area (Å²) in [5.74, 6) is 5.44. The summed E-state index contributed by atoms with van der Waals surface area (Å²) < 4.78 is 2.44. The summed E-state index contributed by atoms with van der Waals surface area (Å²) in [6.07, 6.45) is 4.10. The number of nitrogens with zero attached hydrogens (tertiary/aromatic N) is 3. The topological polar surface area (TPSA) is 97.9 Å². The number of halogens is 1. The molecule has 0 saturated heterocycles. The SMILES string of the molecule is Cn1ccc(CCNC(=O)c2cc(Br)cnc2NN)n1. The molecule has 8 heteroatoms. The molecule has 2 rings (SSSR count). The second-order valence-electron chi connectivity index (χ2n) is 4.18. The van der Waals surface area contributed by atoms with E-state index in [4.69, 9.17) is 5.84 Å². The number of hydrogen-bond acceptors (Lipinski definition) is 5. The molecule has 7 nitrogen and oxygen atoms in total. The van der Waals surface area contributed by atoms with Crippen molar-refractivity contribution in [3.05, 3.63) is 40.3 Å². The van der Waals surface area contributed by atoms with Crippen molar-refractivity contribution in [2.24, 2.45) is 12.9 Å². The Bertz CT molecular complexity index is 612. The van der Waals surface area contributed by atoms with Gasteiger partial charge in [0.15, 0.2) is 5.82 Å². The highest BCUT2D eigenvalue weighted by molar-refractivity contribution is 9.10. The molecule has 0 unspecified atom stereocenters. The zero-order valence-corrected chi connectivity index (χ0v) is 12.5. The molecule has 106 valence electrons. The third kappa shape index (κ3) is 3.55. The van der Waals surface area contributed by atoms with E-state index in [1.54, 1.807) is 16.9 Å². The minimum Gasteiger partial charge on any atom is -0.352 e. The molecule has 0 aliphatic heterocycles. The van der Waals surface area contributed by atoms with Gasteiger partial charge < -0.3 is 10.7 Å². The quantitative estimate of drug-likeness (QED) is 0.554. The number of carbonyl (C=O) groups is 1. The fourth-order valence-electron chi connectivity index (χ4n) is 1.72. The number of nitrogen functional groups attached to an aromatic ring is 1. The van der Waals surface area contributed by atoms with E-state index >= 15 is 0 Å². The zero-order valence-electron chi connectivity index (χ0n) is 10.9. The molecule has 0 saturated carbocycles. The lowest BCUT2D eigenvalue weighted by molar-refractivity contribution is 0.0954. The molecule has 0 aliphatic carbocycles. The van der Waals surface area contributed by atoms with Gasteiger partial charge in [0.2, 0.25) is 0 Å². The number of anilines is 1. The van der Waals surface area contributed by atoms with Crippen molar-refractivity contribution in [2.45, 2.75) is 6.42 Å². The highest BCUT2D eigenvalue weighted by atomic mass is 79.9. The minimum absolute atomic E-state index is 0.234. The molecule has 0 radical (unpaired) electrons. The van der Waals surface area contributed by atoms with Crippen LogP contribution < -0.4 is 16.6 Å². The maximum absolute atomic E-state index is 12.1. The summed E-state index contributed by atoms with van der Waals surface area (Å²) in [5, 5.41) is 7.06. The lowest BCUT2D eigenvalue weighted by Crippen LogP contribution is -2.27. The Morgan fingerprint density at radius 2 is 2.35 bits per heavy atom. The van der Waals surface area contributed by atoms with Crippen LogP contribution in [0.2, 0.25) is 0 Å². The standard InChI is InChI=1S/C12H15BrN6O/c1-19-5-3-9(18-19)2-4-15-12(20)10-6-8(13)7-16-11(10)17-14/h3,5-7H,2,4,14H2,1H3,(H,15,20)(H,16,17). The van der Waals surface area contributed by atoms with Gasteiger partial charge in [-0.05, 0) is 28.1 Å². The molecule has 20 heavy (non-hydrogen) atoms. The van der Waals surface area contributed by atoms with Gasteiger partial charge in [-0.15, -0.1) is 0 Å². The first-order valence-electron chi connectivity index (χ1n) is 5.99. The minimum atomic E-state index is -0.234. The van der Waals surface area contributed by atoms with E-state index in [-0.39, 0.29) is 5.91 Å². The maximum Gasteiger partial charge on any atom is 0.255 e. The molecular formula is C12H15BrN6O. The number of rotatable bonds is 5. The molecular weight excluding hydrogens is 324 g/mol. The molecule has 0 spiro atoms. The van der Waals surface area contributed by atoms with E-state index in [0.29, 0.717) is 28.8 Å². The average Bonchev–Trinajstić information content (AvgIpc) is 2.84. The van der Waals surface area contributed by atoms with E-state index in [0.717, 1.165) is 5.69 Å². The summed E-state index contributed by atoms with van der Waals surface area (Å²) in [6.45, 7) is 0.492. The van der Waals surface area contributed by atoms with Gasteiger partial charge in [0, 0.05) is 36.9 Å². The number of aromatic nitrogens is 3. The first-order valence-corrected chi connectivity index (χ1v) is 6.78. The first-order chi connectivity index (χ1) is 9.60. The molecule has 2 heterocycles. The highest BCUT2D eigenvalue weighted by Crippen LogP contribution is 2.17. The average molecular weight is 339 g/mol. The Kier molecular flexibility index (Phi) is 4.70. The van der Waals surface area contributed by atoms with E-state index in [2.05, 4.69) is 36.8 Å². The molecule has 2 aromatic rings. The van der Waals surface area contributed by atoms with Crippen LogP contribution in [0.1, 0.15) is 16.1 Å². The van der Waals surface area contributed by atoms with E-state index in [1.165, 1.54) is 0 Å². The van der Waals surface area contributed by atoms with Crippen LogP contribution in [0.25, 0.3) is 0 Å². The smallest absolute Gasteiger partial charge is 0.255 e. The fraction of sp³-hybridized carbons (Fsp3) is 0.250. The van der Waals surface area contributed by atoms with Gasteiger partial charge in [-0.25, -0.2) is 10.8 Å². The van der Waals surface area contributed by atoms with Crippen molar-refractivity contribution in [3.63, 3.8) is 0 Å². The van der Waals surface area contributed by atoms with Crippen molar-refractivity contribution in [1.29, 1.82) is 0 Å². The van der Waals surface area contributed by atoms with E-state index < -0.39 is 0 Å². The predicted octanol–water partition coefficient (Wildman–Crippen LogP) is 0.836. The third-order valence-corrected chi connectivity index (χ3v) is 3.10. The summed E-state index contributed by atoms with van der Waals surface area (Å²) >= 11 is 3.28. The van der Waals surface area contributed by atoms with Gasteiger partial charge in [0.1, 0.15) is 0 Å². The number of hydrazine groups is 1. The molecule has 0 bridgehead atoms. The van der Waals surface area contributed by atoms with Crippen LogP contribution in [0.4, 0.5) is 5.82 Å². The van der Waals surface area contributed by atoms with Crippen molar-refractivity contribution in [1.82, 2.24) is 20.1 Å². The molecule has 2 aromatic heterocycles. The molecule has 0 fully saturated rings. The van der Waals surface area contributed by atoms with Crippen LogP contribution >= 0.6 is 15.9 Å². The summed E-state index contributed by atoms with van der Waals surface area (Å²) in [6, 6.07) is 3.58. The summed E-state index contributed by atoms with van der Waals surface area (Å²) in [4.78, 5) is 16.1. The van der Waals surface area contributed by atoms with Crippen LogP contribution in [0.15, 0.2) is 29.0 Å². The number of carbonyl (C=O) groups excluding carboxylic acids is 1. The summed E-state index contributed by atoms with van der Waals surface area (Å²) in [7, 11) is 1.86. The van der Waals surface area contributed by atoms with Gasteiger partial charge in [0.05, 0.1) is 11.3 Å². The monoisotopic (exact) mass is 338 g/mol. The van der Waals surface area contributed by atoms with Crippen LogP contribution in [-0.2, 0) is 13.5 Å².